The smallest absolute Gasteiger partial charge is 0.303 e. The standard InChI is InChI=1S/C20H32O5.C4H5N/c1-2-3-4-7-14(21)10-11-16-17-12-15(8-5-6-9-20(23)24)25-19(17)13-18(16)22;1-2-4-5-3-1/h8,10-11,14,16-19,21-22H,2-7,9,12-13H2,1H3,(H,23,24);1-5H/b11-10+,15-8-;/t14-,16+,17+,18+,19-;/m0./s1. The van der Waals surface area contributed by atoms with Crippen LogP contribution in [0.15, 0.2) is 48.5 Å². The van der Waals surface area contributed by atoms with Gasteiger partial charge in [0, 0.05) is 43.5 Å². The van der Waals surface area contributed by atoms with E-state index in [0.717, 1.165) is 37.9 Å². The zero-order valence-corrected chi connectivity index (χ0v) is 18.0. The zero-order chi connectivity index (χ0) is 21.8. The fourth-order valence-electron chi connectivity index (χ4n) is 4.13. The predicted molar refractivity (Wildman–Crippen MR) is 117 cm³/mol. The molecule has 1 saturated carbocycles. The highest BCUT2D eigenvalue weighted by molar-refractivity contribution is 5.66. The van der Waals surface area contributed by atoms with Crippen LogP contribution in [-0.2, 0) is 9.53 Å². The van der Waals surface area contributed by atoms with Crippen molar-refractivity contribution in [3.05, 3.63) is 48.5 Å². The average molecular weight is 420 g/mol. The van der Waals surface area contributed by atoms with Crippen LogP contribution in [0, 0.1) is 11.8 Å². The number of unbranched alkanes of at least 4 members (excludes halogenated alkanes) is 3. The SMILES string of the molecule is CCCCC[C@H](O)/C=C/[C@@H]1[C@H]2C/C(=C/CCCC(=O)O)O[C@H]2C[C@H]1O.c1cc[nH]c1. The van der Waals surface area contributed by atoms with E-state index in [-0.39, 0.29) is 24.4 Å². The quantitative estimate of drug-likeness (QED) is 0.332. The molecule has 2 heterocycles. The monoisotopic (exact) mass is 419 g/mol. The lowest BCUT2D eigenvalue weighted by Crippen LogP contribution is -2.18. The number of aliphatic carboxylic acids is 1. The molecule has 1 aliphatic heterocycles. The zero-order valence-electron chi connectivity index (χ0n) is 18.0. The molecule has 2 fully saturated rings. The fourth-order valence-corrected chi connectivity index (χ4v) is 4.13. The number of aliphatic hydroxyl groups is 2. The molecule has 0 unspecified atom stereocenters. The molecule has 0 amide bonds. The van der Waals surface area contributed by atoms with Crippen LogP contribution in [0.2, 0.25) is 0 Å². The Balaban J connectivity index is 0.000000558. The third kappa shape index (κ3) is 8.36. The molecule has 168 valence electrons. The second-order valence-electron chi connectivity index (χ2n) is 8.19. The molecule has 30 heavy (non-hydrogen) atoms. The summed E-state index contributed by atoms with van der Waals surface area (Å²) < 4.78 is 5.94. The molecule has 4 N–H and O–H groups in total. The second-order valence-corrected chi connectivity index (χ2v) is 8.19. The lowest BCUT2D eigenvalue weighted by atomic mass is 9.90. The molecule has 5 atom stereocenters. The summed E-state index contributed by atoms with van der Waals surface area (Å²) in [6.07, 6.45) is 15.7. The summed E-state index contributed by atoms with van der Waals surface area (Å²) in [7, 11) is 0. The van der Waals surface area contributed by atoms with E-state index in [0.29, 0.717) is 19.3 Å². The Labute approximate surface area is 179 Å². The lowest BCUT2D eigenvalue weighted by molar-refractivity contribution is -0.137. The van der Waals surface area contributed by atoms with Crippen LogP contribution in [0.1, 0.15) is 64.7 Å². The van der Waals surface area contributed by atoms with Gasteiger partial charge >= 0.3 is 5.97 Å². The summed E-state index contributed by atoms with van der Waals surface area (Å²) in [5.41, 5.74) is 0. The first kappa shape index (κ1) is 24.2. The number of nitrogens with one attached hydrogen (secondary N) is 1. The highest BCUT2D eigenvalue weighted by Gasteiger charge is 2.46. The third-order valence-corrected chi connectivity index (χ3v) is 5.75. The number of carboxylic acid groups (broad SMARTS) is 1. The maximum Gasteiger partial charge on any atom is 0.303 e. The van der Waals surface area contributed by atoms with Gasteiger partial charge in [0.2, 0.25) is 0 Å². The van der Waals surface area contributed by atoms with Crippen LogP contribution in [0.4, 0.5) is 0 Å². The van der Waals surface area contributed by atoms with Crippen molar-refractivity contribution in [1.82, 2.24) is 4.98 Å². The number of H-pyrrole nitrogens is 1. The van der Waals surface area contributed by atoms with Gasteiger partial charge in [0.25, 0.3) is 0 Å². The van der Waals surface area contributed by atoms with Crippen molar-refractivity contribution in [1.29, 1.82) is 0 Å². The van der Waals surface area contributed by atoms with Gasteiger partial charge in [-0.05, 0) is 37.5 Å². The summed E-state index contributed by atoms with van der Waals surface area (Å²) in [6.45, 7) is 2.14. The number of rotatable bonds is 10. The molecule has 0 bridgehead atoms. The Kier molecular flexibility index (Phi) is 10.7. The van der Waals surface area contributed by atoms with Crippen molar-refractivity contribution in [2.24, 2.45) is 11.8 Å². The molecule has 0 radical (unpaired) electrons. The summed E-state index contributed by atoms with van der Waals surface area (Å²) in [6, 6.07) is 3.89. The number of carboxylic acids is 1. The average Bonchev–Trinajstić information content (AvgIpc) is 3.44. The highest BCUT2D eigenvalue weighted by atomic mass is 16.5. The van der Waals surface area contributed by atoms with Crippen molar-refractivity contribution >= 4 is 5.97 Å². The number of aliphatic hydroxyl groups excluding tert-OH is 2. The van der Waals surface area contributed by atoms with Gasteiger partial charge in [-0.25, -0.2) is 0 Å². The number of ether oxygens (including phenoxy) is 1. The van der Waals surface area contributed by atoms with Crippen LogP contribution in [0.3, 0.4) is 0 Å². The first-order chi connectivity index (χ1) is 14.5. The van der Waals surface area contributed by atoms with Crippen molar-refractivity contribution in [3.63, 3.8) is 0 Å². The Bertz CT molecular complexity index is 637. The van der Waals surface area contributed by atoms with Crippen molar-refractivity contribution < 1.29 is 24.9 Å². The van der Waals surface area contributed by atoms with E-state index in [1.165, 1.54) is 0 Å². The first-order valence-corrected chi connectivity index (χ1v) is 11.2. The van der Waals surface area contributed by atoms with E-state index >= 15 is 0 Å². The molecule has 1 aromatic heterocycles. The molecule has 2 aliphatic rings. The topological polar surface area (TPSA) is 103 Å². The molecular weight excluding hydrogens is 382 g/mol. The molecular formula is C24H37NO5. The molecule has 6 nitrogen and oxygen atoms in total. The van der Waals surface area contributed by atoms with Gasteiger partial charge in [0.15, 0.2) is 0 Å². The summed E-state index contributed by atoms with van der Waals surface area (Å²) in [5, 5.41) is 29.0. The highest BCUT2D eigenvalue weighted by Crippen LogP contribution is 2.45. The Morgan fingerprint density at radius 2 is 2.07 bits per heavy atom. The van der Waals surface area contributed by atoms with Gasteiger partial charge in [-0.2, -0.15) is 0 Å². The van der Waals surface area contributed by atoms with Crippen LogP contribution in [0.25, 0.3) is 0 Å². The normalized spacial score (nSPS) is 27.5. The van der Waals surface area contributed by atoms with Crippen molar-refractivity contribution in [2.75, 3.05) is 0 Å². The Hall–Kier alpha value is -2.05. The van der Waals surface area contributed by atoms with Crippen LogP contribution >= 0.6 is 0 Å². The van der Waals surface area contributed by atoms with Crippen LogP contribution < -0.4 is 0 Å². The number of hydrogen-bond donors (Lipinski definition) is 4. The maximum atomic E-state index is 10.5. The van der Waals surface area contributed by atoms with Crippen LogP contribution in [-0.4, -0.2) is 44.6 Å². The van der Waals surface area contributed by atoms with E-state index < -0.39 is 18.2 Å². The maximum absolute atomic E-state index is 10.5. The molecule has 6 heteroatoms. The van der Waals surface area contributed by atoms with Gasteiger partial charge in [-0.1, -0.05) is 38.3 Å². The van der Waals surface area contributed by atoms with Gasteiger partial charge in [-0.15, -0.1) is 0 Å². The molecule has 1 aliphatic carbocycles. The van der Waals surface area contributed by atoms with Crippen molar-refractivity contribution in [3.8, 4) is 0 Å². The number of hydrogen-bond acceptors (Lipinski definition) is 4. The van der Waals surface area contributed by atoms with Crippen LogP contribution in [0.5, 0.6) is 0 Å². The van der Waals surface area contributed by atoms with Gasteiger partial charge in [0.1, 0.15) is 6.10 Å². The minimum atomic E-state index is -0.770. The number of aromatic nitrogens is 1. The number of allylic oxidation sites excluding steroid dienone is 2. The van der Waals surface area contributed by atoms with E-state index in [2.05, 4.69) is 11.9 Å². The van der Waals surface area contributed by atoms with Gasteiger partial charge in [-0.3, -0.25) is 4.79 Å². The Morgan fingerprint density at radius 3 is 2.70 bits per heavy atom. The molecule has 0 spiro atoms. The fraction of sp³-hybridized carbons (Fsp3) is 0.625. The minimum Gasteiger partial charge on any atom is -0.495 e. The van der Waals surface area contributed by atoms with Crippen molar-refractivity contribution in [2.45, 2.75) is 83.0 Å². The van der Waals surface area contributed by atoms with E-state index in [1.807, 2.05) is 42.8 Å². The van der Waals surface area contributed by atoms with E-state index in [4.69, 9.17) is 9.84 Å². The number of carbonyl (C=O) groups is 1. The summed E-state index contributed by atoms with van der Waals surface area (Å²) in [5.74, 6) is 0.429. The van der Waals surface area contributed by atoms with E-state index in [1.54, 1.807) is 0 Å². The summed E-state index contributed by atoms with van der Waals surface area (Å²) in [4.78, 5) is 13.4. The van der Waals surface area contributed by atoms with E-state index in [9.17, 15) is 15.0 Å². The molecule has 0 aromatic carbocycles. The summed E-state index contributed by atoms with van der Waals surface area (Å²) >= 11 is 0. The van der Waals surface area contributed by atoms with Gasteiger partial charge in [0.05, 0.1) is 18.0 Å². The molecule has 3 rings (SSSR count). The second kappa shape index (κ2) is 13.3. The number of fused-ring (bicyclic) bond motifs is 1. The minimum absolute atomic E-state index is 0.0238. The number of aromatic amines is 1. The molecule has 1 saturated heterocycles. The van der Waals surface area contributed by atoms with Gasteiger partial charge < -0.3 is 25.0 Å². The lowest BCUT2D eigenvalue weighted by Gasteiger charge is -2.16. The predicted octanol–water partition coefficient (Wildman–Crippen LogP) is 4.42. The largest absolute Gasteiger partial charge is 0.495 e. The first-order valence-electron chi connectivity index (χ1n) is 11.2. The Morgan fingerprint density at radius 1 is 1.30 bits per heavy atom. The third-order valence-electron chi connectivity index (χ3n) is 5.75. The molecule has 1 aromatic rings.